The van der Waals surface area contributed by atoms with E-state index in [-0.39, 0.29) is 16.8 Å². The molecule has 0 bridgehead atoms. The molecule has 2 rings (SSSR count). The number of piperidine rings is 1. The normalized spacial score (nSPS) is 19.4. The summed E-state index contributed by atoms with van der Waals surface area (Å²) >= 11 is 0. The van der Waals surface area contributed by atoms with Crippen LogP contribution >= 0.6 is 0 Å². The van der Waals surface area contributed by atoms with Gasteiger partial charge in [-0.15, -0.1) is 0 Å². The van der Waals surface area contributed by atoms with E-state index >= 15 is 0 Å². The highest BCUT2D eigenvalue weighted by Crippen LogP contribution is 2.24. The maximum Gasteiger partial charge on any atom is 0.240 e. The number of hydrogen-bond acceptors (Lipinski definition) is 5. The van der Waals surface area contributed by atoms with Crippen molar-refractivity contribution < 1.29 is 13.2 Å². The monoisotopic (exact) mass is 298 g/mol. The van der Waals surface area contributed by atoms with Crippen LogP contribution in [0.25, 0.3) is 0 Å². The summed E-state index contributed by atoms with van der Waals surface area (Å²) in [5.41, 5.74) is 6.90. The molecule has 0 aliphatic carbocycles. The predicted molar refractivity (Wildman–Crippen MR) is 76.8 cm³/mol. The molecule has 1 aliphatic heterocycles. The van der Waals surface area contributed by atoms with E-state index in [0.717, 1.165) is 6.42 Å². The van der Waals surface area contributed by atoms with Crippen LogP contribution in [0.2, 0.25) is 0 Å². The molecule has 110 valence electrons. The molecule has 1 heterocycles. The second-order valence-electron chi connectivity index (χ2n) is 4.64. The van der Waals surface area contributed by atoms with E-state index in [1.54, 1.807) is 6.07 Å². The molecule has 20 heavy (non-hydrogen) atoms. The number of carbonyl (C=O) groups excluding carboxylic acids is 1. The number of nitrogen functional groups attached to an aromatic ring is 1. The van der Waals surface area contributed by atoms with Crippen LogP contribution in [0.3, 0.4) is 0 Å². The standard InChI is InChI=1S/C12H18N4O3S/c1-14-20(18,19)9-3-4-11(10(13)6-9)16-8-2-5-12(17)15-7-8/h3-4,6,8,14,16H,2,5,7,13H2,1H3,(H,15,17). The third-order valence-corrected chi connectivity index (χ3v) is 4.64. The minimum absolute atomic E-state index is 0.0477. The summed E-state index contributed by atoms with van der Waals surface area (Å²) in [4.78, 5) is 11.2. The van der Waals surface area contributed by atoms with Gasteiger partial charge in [-0.25, -0.2) is 13.1 Å². The van der Waals surface area contributed by atoms with Crippen LogP contribution in [0.5, 0.6) is 0 Å². The minimum Gasteiger partial charge on any atom is -0.397 e. The third kappa shape index (κ3) is 3.20. The van der Waals surface area contributed by atoms with Gasteiger partial charge in [0.2, 0.25) is 15.9 Å². The van der Waals surface area contributed by atoms with Gasteiger partial charge in [-0.3, -0.25) is 4.79 Å². The average molecular weight is 298 g/mol. The van der Waals surface area contributed by atoms with Crippen LogP contribution in [-0.4, -0.2) is 34.0 Å². The van der Waals surface area contributed by atoms with Gasteiger partial charge in [-0.1, -0.05) is 0 Å². The SMILES string of the molecule is CNS(=O)(=O)c1ccc(NC2CCC(=O)NC2)c(N)c1. The Morgan fingerprint density at radius 3 is 2.70 bits per heavy atom. The van der Waals surface area contributed by atoms with Crippen molar-refractivity contribution in [3.05, 3.63) is 18.2 Å². The van der Waals surface area contributed by atoms with E-state index in [1.807, 2.05) is 0 Å². The first-order valence-electron chi connectivity index (χ1n) is 6.28. The van der Waals surface area contributed by atoms with Gasteiger partial charge in [0, 0.05) is 19.0 Å². The van der Waals surface area contributed by atoms with Crippen LogP contribution in [-0.2, 0) is 14.8 Å². The first kappa shape index (κ1) is 14.6. The molecule has 0 radical (unpaired) electrons. The molecular formula is C12H18N4O3S. The first-order valence-corrected chi connectivity index (χ1v) is 7.77. The summed E-state index contributed by atoms with van der Waals surface area (Å²) in [6, 6.07) is 4.64. The van der Waals surface area contributed by atoms with Crippen molar-refractivity contribution in [1.29, 1.82) is 0 Å². The number of carbonyl (C=O) groups is 1. The molecule has 1 unspecified atom stereocenters. The van der Waals surface area contributed by atoms with Gasteiger partial charge in [-0.2, -0.15) is 0 Å². The Morgan fingerprint density at radius 1 is 1.40 bits per heavy atom. The number of rotatable bonds is 4. The van der Waals surface area contributed by atoms with Crippen LogP contribution in [0, 0.1) is 0 Å². The fourth-order valence-corrected chi connectivity index (χ4v) is 2.80. The number of amides is 1. The Morgan fingerprint density at radius 2 is 2.15 bits per heavy atom. The van der Waals surface area contributed by atoms with E-state index in [4.69, 9.17) is 5.73 Å². The van der Waals surface area contributed by atoms with E-state index in [2.05, 4.69) is 15.4 Å². The highest BCUT2D eigenvalue weighted by atomic mass is 32.2. The fraction of sp³-hybridized carbons (Fsp3) is 0.417. The van der Waals surface area contributed by atoms with Gasteiger partial charge in [0.15, 0.2) is 0 Å². The maximum atomic E-state index is 11.7. The van der Waals surface area contributed by atoms with E-state index in [0.29, 0.717) is 24.3 Å². The Kier molecular flexibility index (Phi) is 4.15. The predicted octanol–water partition coefficient (Wildman–Crippen LogP) is -0.133. The van der Waals surface area contributed by atoms with Crippen molar-refractivity contribution in [3.8, 4) is 0 Å². The molecule has 1 saturated heterocycles. The van der Waals surface area contributed by atoms with Crippen LogP contribution in [0.4, 0.5) is 11.4 Å². The average Bonchev–Trinajstić information content (AvgIpc) is 2.43. The van der Waals surface area contributed by atoms with Gasteiger partial charge >= 0.3 is 0 Å². The molecule has 0 spiro atoms. The minimum atomic E-state index is -3.49. The molecule has 1 aliphatic rings. The van der Waals surface area contributed by atoms with Crippen molar-refractivity contribution in [2.75, 3.05) is 24.6 Å². The number of nitrogens with one attached hydrogen (secondary N) is 3. The lowest BCUT2D eigenvalue weighted by Gasteiger charge is -2.25. The number of hydrogen-bond donors (Lipinski definition) is 4. The topological polar surface area (TPSA) is 113 Å². The van der Waals surface area contributed by atoms with Crippen LogP contribution < -0.4 is 21.1 Å². The second kappa shape index (κ2) is 5.68. The molecule has 0 saturated carbocycles. The number of sulfonamides is 1. The highest BCUT2D eigenvalue weighted by molar-refractivity contribution is 7.89. The molecule has 8 heteroatoms. The Hall–Kier alpha value is -1.80. The fourth-order valence-electron chi connectivity index (χ4n) is 2.03. The van der Waals surface area contributed by atoms with Crippen molar-refractivity contribution >= 4 is 27.3 Å². The second-order valence-corrected chi connectivity index (χ2v) is 6.53. The van der Waals surface area contributed by atoms with E-state index < -0.39 is 10.0 Å². The van der Waals surface area contributed by atoms with E-state index in [1.165, 1.54) is 19.2 Å². The van der Waals surface area contributed by atoms with Gasteiger partial charge in [-0.05, 0) is 31.7 Å². The molecular weight excluding hydrogens is 280 g/mol. The highest BCUT2D eigenvalue weighted by Gasteiger charge is 2.19. The van der Waals surface area contributed by atoms with Crippen molar-refractivity contribution in [3.63, 3.8) is 0 Å². The summed E-state index contributed by atoms with van der Waals surface area (Å²) in [5, 5.41) is 5.98. The maximum absolute atomic E-state index is 11.7. The molecule has 7 nitrogen and oxygen atoms in total. The summed E-state index contributed by atoms with van der Waals surface area (Å²) < 4.78 is 25.6. The summed E-state index contributed by atoms with van der Waals surface area (Å²) in [5.74, 6) is 0.0477. The zero-order chi connectivity index (χ0) is 14.8. The Balaban J connectivity index is 2.12. The van der Waals surface area contributed by atoms with Crippen molar-refractivity contribution in [2.45, 2.75) is 23.8 Å². The Bertz CT molecular complexity index is 605. The first-order chi connectivity index (χ1) is 9.42. The van der Waals surface area contributed by atoms with Crippen LogP contribution in [0.1, 0.15) is 12.8 Å². The largest absolute Gasteiger partial charge is 0.397 e. The third-order valence-electron chi connectivity index (χ3n) is 3.23. The van der Waals surface area contributed by atoms with Gasteiger partial charge < -0.3 is 16.4 Å². The Labute approximate surface area is 118 Å². The molecule has 1 aromatic carbocycles. The zero-order valence-corrected chi connectivity index (χ0v) is 12.0. The van der Waals surface area contributed by atoms with Crippen LogP contribution in [0.15, 0.2) is 23.1 Å². The van der Waals surface area contributed by atoms with E-state index in [9.17, 15) is 13.2 Å². The van der Waals surface area contributed by atoms with Gasteiger partial charge in [0.1, 0.15) is 0 Å². The lowest BCUT2D eigenvalue weighted by molar-refractivity contribution is -0.122. The number of nitrogens with two attached hydrogens (primary N) is 1. The molecule has 5 N–H and O–H groups in total. The smallest absolute Gasteiger partial charge is 0.240 e. The zero-order valence-electron chi connectivity index (χ0n) is 11.1. The summed E-state index contributed by atoms with van der Waals surface area (Å²) in [6.07, 6.45) is 1.20. The van der Waals surface area contributed by atoms with Crippen molar-refractivity contribution in [1.82, 2.24) is 10.0 Å². The number of anilines is 2. The van der Waals surface area contributed by atoms with Gasteiger partial charge in [0.05, 0.1) is 16.3 Å². The summed E-state index contributed by atoms with van der Waals surface area (Å²) in [6.45, 7) is 0.537. The summed E-state index contributed by atoms with van der Waals surface area (Å²) in [7, 11) is -2.14. The molecule has 1 fully saturated rings. The van der Waals surface area contributed by atoms with Crippen molar-refractivity contribution in [2.24, 2.45) is 0 Å². The molecule has 1 atom stereocenters. The molecule has 1 aromatic rings. The lowest BCUT2D eigenvalue weighted by Crippen LogP contribution is -2.42. The molecule has 1 amide bonds. The molecule has 0 aromatic heterocycles. The lowest BCUT2D eigenvalue weighted by atomic mass is 10.1. The van der Waals surface area contributed by atoms with Gasteiger partial charge in [0.25, 0.3) is 0 Å². The quantitative estimate of drug-likeness (QED) is 0.578. The number of benzene rings is 1.